The molecule has 7 N–H and O–H groups in total. The zero-order chi connectivity index (χ0) is 21.0. The number of nitrogen functional groups attached to an aromatic ring is 1. The van der Waals surface area contributed by atoms with Crippen LogP contribution in [-0.2, 0) is 4.79 Å². The summed E-state index contributed by atoms with van der Waals surface area (Å²) in [5.41, 5.74) is 7.07. The molecular formula is C18H21N7O4. The standard InChI is InChI=1S/C18H21N7O4/c1-2-12(17(28)29)23-15(26)9-3-5-10(6-4-9)20-7-11-8-21-14-13(22-11)16(27)25-18(19)24-14/h3-6,12,20H,2,7-8H2,1H3,(H,23,26)(H,28,29)(H4,19,21,24,25,27)/t12-/m0/s1. The number of carboxylic acid groups (broad SMARTS) is 1. The van der Waals surface area contributed by atoms with E-state index < -0.39 is 23.5 Å². The number of carboxylic acids is 1. The first-order valence-corrected chi connectivity index (χ1v) is 8.95. The van der Waals surface area contributed by atoms with Crippen LogP contribution in [0.4, 0.5) is 23.1 Å². The maximum atomic E-state index is 12.1. The van der Waals surface area contributed by atoms with Crippen LogP contribution in [0, 0.1) is 0 Å². The second-order valence-corrected chi connectivity index (χ2v) is 6.38. The normalized spacial score (nSPS) is 13.5. The van der Waals surface area contributed by atoms with Gasteiger partial charge >= 0.3 is 5.97 Å². The summed E-state index contributed by atoms with van der Waals surface area (Å²) in [5.74, 6) is -1.15. The molecule has 2 aromatic rings. The number of aliphatic imine (C=N–C) groups is 1. The predicted octanol–water partition coefficient (Wildman–Crippen LogP) is 0.555. The van der Waals surface area contributed by atoms with Crippen molar-refractivity contribution in [3.05, 3.63) is 40.2 Å². The van der Waals surface area contributed by atoms with E-state index in [1.807, 2.05) is 0 Å². The summed E-state index contributed by atoms with van der Waals surface area (Å²) in [6, 6.07) is 5.68. The topological polar surface area (TPSA) is 175 Å². The van der Waals surface area contributed by atoms with Crippen molar-refractivity contribution >= 4 is 40.7 Å². The lowest BCUT2D eigenvalue weighted by Gasteiger charge is -2.17. The fourth-order valence-corrected chi connectivity index (χ4v) is 2.72. The van der Waals surface area contributed by atoms with E-state index >= 15 is 0 Å². The molecule has 0 radical (unpaired) electrons. The molecule has 3 rings (SSSR count). The van der Waals surface area contributed by atoms with Crippen molar-refractivity contribution in [3.8, 4) is 0 Å². The first-order valence-electron chi connectivity index (χ1n) is 8.95. The van der Waals surface area contributed by atoms with Gasteiger partial charge in [-0.3, -0.25) is 14.6 Å². The molecule has 0 saturated carbocycles. The third kappa shape index (κ3) is 4.69. The number of nitrogens with zero attached hydrogens (tertiary/aromatic N) is 2. The van der Waals surface area contributed by atoms with Crippen LogP contribution in [0.3, 0.4) is 0 Å². The third-order valence-electron chi connectivity index (χ3n) is 4.30. The summed E-state index contributed by atoms with van der Waals surface area (Å²) in [4.78, 5) is 45.8. The van der Waals surface area contributed by atoms with E-state index in [0.717, 1.165) is 5.69 Å². The number of anilines is 3. The lowest BCUT2D eigenvalue weighted by molar-refractivity contribution is -0.139. The highest BCUT2D eigenvalue weighted by Crippen LogP contribution is 2.21. The van der Waals surface area contributed by atoms with Gasteiger partial charge in [-0.25, -0.2) is 9.79 Å². The van der Waals surface area contributed by atoms with Gasteiger partial charge in [-0.1, -0.05) is 6.92 Å². The van der Waals surface area contributed by atoms with Crippen LogP contribution >= 0.6 is 0 Å². The number of nitrogens with two attached hydrogens (primary N) is 1. The molecule has 0 unspecified atom stereocenters. The van der Waals surface area contributed by atoms with Crippen LogP contribution in [0.2, 0.25) is 0 Å². The van der Waals surface area contributed by atoms with Gasteiger partial charge in [0.05, 0.1) is 18.8 Å². The molecule has 0 spiro atoms. The minimum absolute atomic E-state index is 0.0239. The number of aliphatic carboxylic acids is 1. The molecule has 2 heterocycles. The number of fused-ring (bicyclic) bond motifs is 1. The van der Waals surface area contributed by atoms with Crippen molar-refractivity contribution in [2.45, 2.75) is 19.4 Å². The number of aromatic amines is 1. The van der Waals surface area contributed by atoms with E-state index in [2.05, 4.69) is 30.9 Å². The lowest BCUT2D eigenvalue weighted by atomic mass is 10.1. The molecule has 11 heteroatoms. The first-order chi connectivity index (χ1) is 13.9. The molecule has 0 aliphatic carbocycles. The second-order valence-electron chi connectivity index (χ2n) is 6.38. The Bertz CT molecular complexity index is 1010. The summed E-state index contributed by atoms with van der Waals surface area (Å²) in [5, 5.41) is 17.7. The molecular weight excluding hydrogens is 378 g/mol. The Hall–Kier alpha value is -3.89. The number of H-pyrrole nitrogens is 1. The van der Waals surface area contributed by atoms with Crippen LogP contribution in [0.5, 0.6) is 0 Å². The maximum absolute atomic E-state index is 12.1. The van der Waals surface area contributed by atoms with Gasteiger partial charge in [0, 0.05) is 11.3 Å². The van der Waals surface area contributed by atoms with E-state index in [1.54, 1.807) is 31.2 Å². The Labute approximate surface area is 165 Å². The van der Waals surface area contributed by atoms with E-state index in [9.17, 15) is 14.4 Å². The SMILES string of the molecule is CC[C@H](NC(=O)c1ccc(NCC2=Nc3c(nc(N)[nH]c3=O)NC2)cc1)C(=O)O. The summed E-state index contributed by atoms with van der Waals surface area (Å²) in [6.45, 7) is 2.47. The molecule has 152 valence electrons. The monoisotopic (exact) mass is 399 g/mol. The zero-order valence-corrected chi connectivity index (χ0v) is 15.7. The average Bonchev–Trinajstić information content (AvgIpc) is 2.70. The molecule has 1 aromatic carbocycles. The largest absolute Gasteiger partial charge is 0.480 e. The van der Waals surface area contributed by atoms with Crippen LogP contribution in [0.25, 0.3) is 0 Å². The Morgan fingerprint density at radius 2 is 2.03 bits per heavy atom. The number of amides is 1. The molecule has 1 aliphatic rings. The Balaban J connectivity index is 1.62. The molecule has 1 atom stereocenters. The van der Waals surface area contributed by atoms with Gasteiger partial charge in [-0.05, 0) is 30.7 Å². The molecule has 11 nitrogen and oxygen atoms in total. The summed E-state index contributed by atoms with van der Waals surface area (Å²) in [7, 11) is 0. The minimum Gasteiger partial charge on any atom is -0.480 e. The first kappa shape index (κ1) is 19.9. The number of aromatic nitrogens is 2. The summed E-state index contributed by atoms with van der Waals surface area (Å²) >= 11 is 0. The van der Waals surface area contributed by atoms with Crippen molar-refractivity contribution in [1.29, 1.82) is 0 Å². The number of rotatable bonds is 7. The van der Waals surface area contributed by atoms with Crippen LogP contribution in [0.1, 0.15) is 23.7 Å². The molecule has 1 aliphatic heterocycles. The van der Waals surface area contributed by atoms with Crippen molar-refractivity contribution in [1.82, 2.24) is 15.3 Å². The lowest BCUT2D eigenvalue weighted by Crippen LogP contribution is -2.40. The number of carbonyl (C=O) groups excluding carboxylic acids is 1. The van der Waals surface area contributed by atoms with Gasteiger partial charge in [-0.2, -0.15) is 4.98 Å². The Morgan fingerprint density at radius 3 is 2.69 bits per heavy atom. The number of nitrogens with one attached hydrogen (secondary N) is 4. The second kappa shape index (κ2) is 8.42. The average molecular weight is 399 g/mol. The van der Waals surface area contributed by atoms with E-state index in [4.69, 9.17) is 10.8 Å². The van der Waals surface area contributed by atoms with Crippen LogP contribution in [-0.4, -0.2) is 51.8 Å². The van der Waals surface area contributed by atoms with Gasteiger partial charge in [0.2, 0.25) is 5.95 Å². The van der Waals surface area contributed by atoms with Crippen LogP contribution < -0.4 is 27.2 Å². The van der Waals surface area contributed by atoms with Gasteiger partial charge in [0.1, 0.15) is 6.04 Å². The van der Waals surface area contributed by atoms with E-state index in [1.165, 1.54) is 0 Å². The molecule has 0 bridgehead atoms. The highest BCUT2D eigenvalue weighted by molar-refractivity contribution is 5.98. The van der Waals surface area contributed by atoms with Crippen molar-refractivity contribution in [3.63, 3.8) is 0 Å². The third-order valence-corrected chi connectivity index (χ3v) is 4.30. The number of carbonyl (C=O) groups is 2. The minimum atomic E-state index is -1.07. The van der Waals surface area contributed by atoms with Crippen molar-refractivity contribution in [2.75, 3.05) is 29.5 Å². The molecule has 1 amide bonds. The van der Waals surface area contributed by atoms with Gasteiger partial charge < -0.3 is 26.8 Å². The quantitative estimate of drug-likeness (QED) is 0.391. The Kier molecular flexibility index (Phi) is 5.77. The van der Waals surface area contributed by atoms with Gasteiger partial charge in [0.25, 0.3) is 11.5 Å². The summed E-state index contributed by atoms with van der Waals surface area (Å²) in [6.07, 6.45) is 0.297. The van der Waals surface area contributed by atoms with Crippen LogP contribution in [0.15, 0.2) is 34.1 Å². The predicted molar refractivity (Wildman–Crippen MR) is 109 cm³/mol. The number of hydrogen-bond donors (Lipinski definition) is 6. The molecule has 29 heavy (non-hydrogen) atoms. The van der Waals surface area contributed by atoms with E-state index in [-0.39, 0.29) is 11.6 Å². The number of hydrogen-bond acceptors (Lipinski definition) is 8. The van der Waals surface area contributed by atoms with Crippen molar-refractivity contribution < 1.29 is 14.7 Å². The van der Waals surface area contributed by atoms with Gasteiger partial charge in [0.15, 0.2) is 11.5 Å². The zero-order valence-electron chi connectivity index (χ0n) is 15.7. The fourth-order valence-electron chi connectivity index (χ4n) is 2.72. The molecule has 1 aromatic heterocycles. The maximum Gasteiger partial charge on any atom is 0.326 e. The number of benzene rings is 1. The molecule has 0 saturated heterocycles. The van der Waals surface area contributed by atoms with E-state index in [0.29, 0.717) is 36.6 Å². The smallest absolute Gasteiger partial charge is 0.326 e. The molecule has 0 fully saturated rings. The Morgan fingerprint density at radius 1 is 1.31 bits per heavy atom. The highest BCUT2D eigenvalue weighted by atomic mass is 16.4. The van der Waals surface area contributed by atoms with Gasteiger partial charge in [-0.15, -0.1) is 0 Å². The van der Waals surface area contributed by atoms with Crippen molar-refractivity contribution in [2.24, 2.45) is 4.99 Å². The summed E-state index contributed by atoms with van der Waals surface area (Å²) < 4.78 is 0. The fraction of sp³-hybridized carbons (Fsp3) is 0.278. The highest BCUT2D eigenvalue weighted by Gasteiger charge is 2.19.